The standard InChI is InChI=1S/C16H29N5/c1-6-17-15-14(12(2)3)16(19-11-18-15)21-9-7-8-13(10-21)20(4)5/h11-13H,6-10H2,1-5H3,(H,17,18,19). The Kier molecular flexibility index (Phi) is 5.39. The summed E-state index contributed by atoms with van der Waals surface area (Å²) in [5, 5.41) is 3.38. The van der Waals surface area contributed by atoms with E-state index >= 15 is 0 Å². The number of nitrogens with one attached hydrogen (secondary N) is 1. The van der Waals surface area contributed by atoms with Crippen LogP contribution in [0.4, 0.5) is 11.6 Å². The molecule has 0 amide bonds. The third kappa shape index (κ3) is 3.64. The van der Waals surface area contributed by atoms with Crippen LogP contribution in [0.2, 0.25) is 0 Å². The summed E-state index contributed by atoms with van der Waals surface area (Å²) in [6.07, 6.45) is 4.19. The molecule has 5 heteroatoms. The first kappa shape index (κ1) is 16.0. The third-order valence-corrected chi connectivity index (χ3v) is 4.21. The number of anilines is 2. The van der Waals surface area contributed by atoms with Crippen molar-refractivity contribution in [1.29, 1.82) is 0 Å². The minimum Gasteiger partial charge on any atom is -0.370 e. The smallest absolute Gasteiger partial charge is 0.137 e. The van der Waals surface area contributed by atoms with Crippen molar-refractivity contribution in [2.45, 2.75) is 45.6 Å². The number of hydrogen-bond acceptors (Lipinski definition) is 5. The zero-order valence-corrected chi connectivity index (χ0v) is 14.1. The van der Waals surface area contributed by atoms with Gasteiger partial charge in [-0.25, -0.2) is 9.97 Å². The van der Waals surface area contributed by atoms with Crippen LogP contribution < -0.4 is 10.2 Å². The molecule has 0 spiro atoms. The van der Waals surface area contributed by atoms with Crippen LogP contribution in [0.25, 0.3) is 0 Å². The summed E-state index contributed by atoms with van der Waals surface area (Å²) in [6.45, 7) is 9.57. The van der Waals surface area contributed by atoms with E-state index in [9.17, 15) is 0 Å². The van der Waals surface area contributed by atoms with Crippen molar-refractivity contribution >= 4 is 11.6 Å². The summed E-state index contributed by atoms with van der Waals surface area (Å²) < 4.78 is 0. The third-order valence-electron chi connectivity index (χ3n) is 4.21. The molecular formula is C16H29N5. The lowest BCUT2D eigenvalue weighted by molar-refractivity contribution is 0.257. The van der Waals surface area contributed by atoms with Gasteiger partial charge in [0, 0.05) is 31.2 Å². The van der Waals surface area contributed by atoms with Gasteiger partial charge in [0.15, 0.2) is 0 Å². The lowest BCUT2D eigenvalue weighted by atomic mass is 10.0. The van der Waals surface area contributed by atoms with Gasteiger partial charge in [-0.15, -0.1) is 0 Å². The molecular weight excluding hydrogens is 262 g/mol. The molecule has 1 aliphatic rings. The molecule has 0 aromatic carbocycles. The topological polar surface area (TPSA) is 44.3 Å². The molecule has 1 N–H and O–H groups in total. The summed E-state index contributed by atoms with van der Waals surface area (Å²) in [4.78, 5) is 13.8. The van der Waals surface area contributed by atoms with Gasteiger partial charge in [-0.3, -0.25) is 0 Å². The minimum atomic E-state index is 0.412. The quantitative estimate of drug-likeness (QED) is 0.903. The molecule has 1 atom stereocenters. The Hall–Kier alpha value is -1.36. The van der Waals surface area contributed by atoms with E-state index in [1.807, 2.05) is 0 Å². The van der Waals surface area contributed by atoms with E-state index in [-0.39, 0.29) is 0 Å². The molecule has 0 bridgehead atoms. The molecule has 0 radical (unpaired) electrons. The lowest BCUT2D eigenvalue weighted by Gasteiger charge is -2.38. The molecule has 2 rings (SSSR count). The molecule has 1 aliphatic heterocycles. The van der Waals surface area contributed by atoms with Gasteiger partial charge < -0.3 is 15.1 Å². The highest BCUT2D eigenvalue weighted by atomic mass is 15.3. The summed E-state index contributed by atoms with van der Waals surface area (Å²) >= 11 is 0. The zero-order valence-electron chi connectivity index (χ0n) is 14.1. The van der Waals surface area contributed by atoms with Crippen LogP contribution in [0.5, 0.6) is 0 Å². The fraction of sp³-hybridized carbons (Fsp3) is 0.750. The predicted molar refractivity (Wildman–Crippen MR) is 89.2 cm³/mol. The molecule has 21 heavy (non-hydrogen) atoms. The van der Waals surface area contributed by atoms with Gasteiger partial charge in [-0.05, 0) is 39.8 Å². The molecule has 118 valence electrons. The number of likely N-dealkylation sites (N-methyl/N-ethyl adjacent to an activating group) is 1. The van der Waals surface area contributed by atoms with Gasteiger partial charge in [0.1, 0.15) is 18.0 Å². The second-order valence-electron chi connectivity index (χ2n) is 6.35. The van der Waals surface area contributed by atoms with Gasteiger partial charge in [0.2, 0.25) is 0 Å². The fourth-order valence-electron chi connectivity index (χ4n) is 3.05. The number of nitrogens with zero attached hydrogens (tertiary/aromatic N) is 4. The van der Waals surface area contributed by atoms with Crippen molar-refractivity contribution in [2.75, 3.05) is 43.9 Å². The van der Waals surface area contributed by atoms with E-state index in [0.29, 0.717) is 12.0 Å². The SMILES string of the molecule is CCNc1ncnc(N2CCCC(N(C)C)C2)c1C(C)C. The lowest BCUT2D eigenvalue weighted by Crippen LogP contribution is -2.45. The maximum absolute atomic E-state index is 4.62. The van der Waals surface area contributed by atoms with Crippen LogP contribution in [0, 0.1) is 0 Å². The second-order valence-corrected chi connectivity index (χ2v) is 6.35. The van der Waals surface area contributed by atoms with E-state index in [4.69, 9.17) is 0 Å². The summed E-state index contributed by atoms with van der Waals surface area (Å²) in [6, 6.07) is 0.608. The molecule has 1 aromatic rings. The second kappa shape index (κ2) is 7.07. The van der Waals surface area contributed by atoms with Crippen LogP contribution in [-0.2, 0) is 0 Å². The summed E-state index contributed by atoms with van der Waals surface area (Å²) in [7, 11) is 4.34. The maximum Gasteiger partial charge on any atom is 0.137 e. The first-order valence-electron chi connectivity index (χ1n) is 8.04. The minimum absolute atomic E-state index is 0.412. The first-order valence-corrected chi connectivity index (χ1v) is 8.04. The van der Waals surface area contributed by atoms with Gasteiger partial charge in [-0.2, -0.15) is 0 Å². The average Bonchev–Trinajstić information content (AvgIpc) is 2.47. The van der Waals surface area contributed by atoms with E-state index < -0.39 is 0 Å². The molecule has 1 aromatic heterocycles. The van der Waals surface area contributed by atoms with Crippen LogP contribution in [-0.4, -0.2) is 54.6 Å². The van der Waals surface area contributed by atoms with E-state index in [0.717, 1.165) is 31.3 Å². The molecule has 0 saturated carbocycles. The van der Waals surface area contributed by atoms with Crippen molar-refractivity contribution in [3.05, 3.63) is 11.9 Å². The van der Waals surface area contributed by atoms with Crippen LogP contribution in [0.1, 0.15) is 45.1 Å². The predicted octanol–water partition coefficient (Wildman–Crippen LogP) is 2.56. The molecule has 1 unspecified atom stereocenters. The van der Waals surface area contributed by atoms with E-state index in [1.165, 1.54) is 18.4 Å². The van der Waals surface area contributed by atoms with Gasteiger partial charge >= 0.3 is 0 Å². The molecule has 1 fully saturated rings. The Balaban J connectivity index is 2.31. The van der Waals surface area contributed by atoms with E-state index in [2.05, 4.69) is 60.0 Å². The Morgan fingerprint density at radius 1 is 1.38 bits per heavy atom. The number of rotatable bonds is 5. The largest absolute Gasteiger partial charge is 0.370 e. The Labute approximate surface area is 128 Å². The highest BCUT2D eigenvalue weighted by Crippen LogP contribution is 2.32. The molecule has 2 heterocycles. The Morgan fingerprint density at radius 2 is 2.14 bits per heavy atom. The first-order chi connectivity index (χ1) is 10.0. The summed E-state index contributed by atoms with van der Waals surface area (Å²) in [5.41, 5.74) is 1.25. The molecule has 1 saturated heterocycles. The average molecular weight is 291 g/mol. The van der Waals surface area contributed by atoms with Crippen molar-refractivity contribution in [1.82, 2.24) is 14.9 Å². The van der Waals surface area contributed by atoms with Gasteiger partial charge in [0.05, 0.1) is 0 Å². The van der Waals surface area contributed by atoms with Crippen molar-refractivity contribution < 1.29 is 0 Å². The maximum atomic E-state index is 4.62. The Morgan fingerprint density at radius 3 is 2.76 bits per heavy atom. The van der Waals surface area contributed by atoms with Gasteiger partial charge in [0.25, 0.3) is 0 Å². The fourth-order valence-corrected chi connectivity index (χ4v) is 3.05. The number of aromatic nitrogens is 2. The Bertz CT molecular complexity index is 458. The highest BCUT2D eigenvalue weighted by Gasteiger charge is 2.26. The normalized spacial score (nSPS) is 19.4. The van der Waals surface area contributed by atoms with Crippen LogP contribution in [0.3, 0.4) is 0 Å². The molecule has 0 aliphatic carbocycles. The van der Waals surface area contributed by atoms with E-state index in [1.54, 1.807) is 6.33 Å². The number of hydrogen-bond donors (Lipinski definition) is 1. The van der Waals surface area contributed by atoms with Crippen molar-refractivity contribution in [3.8, 4) is 0 Å². The van der Waals surface area contributed by atoms with Crippen molar-refractivity contribution in [2.24, 2.45) is 0 Å². The molecule has 5 nitrogen and oxygen atoms in total. The zero-order chi connectivity index (χ0) is 15.4. The van der Waals surface area contributed by atoms with Gasteiger partial charge in [-0.1, -0.05) is 13.8 Å². The summed E-state index contributed by atoms with van der Waals surface area (Å²) in [5.74, 6) is 2.52. The monoisotopic (exact) mass is 291 g/mol. The number of piperidine rings is 1. The van der Waals surface area contributed by atoms with Crippen LogP contribution in [0.15, 0.2) is 6.33 Å². The highest BCUT2D eigenvalue weighted by molar-refractivity contribution is 5.60. The van der Waals surface area contributed by atoms with Crippen molar-refractivity contribution in [3.63, 3.8) is 0 Å². The van der Waals surface area contributed by atoms with Crippen LogP contribution >= 0.6 is 0 Å².